The fourth-order valence-corrected chi connectivity index (χ4v) is 1.74. The summed E-state index contributed by atoms with van der Waals surface area (Å²) in [4.78, 5) is 11.1. The maximum atomic E-state index is 11.1. The Morgan fingerprint density at radius 3 is 2.61 bits per heavy atom. The van der Waals surface area contributed by atoms with Crippen molar-refractivity contribution in [3.63, 3.8) is 0 Å². The number of ether oxygens (including phenoxy) is 1. The molecule has 1 aromatic rings. The number of hydrogen-bond donors (Lipinski definition) is 2. The number of nitrogens with one attached hydrogen (secondary N) is 1. The normalized spacial score (nSPS) is 16.3. The average molecular weight is 248 g/mol. The van der Waals surface area contributed by atoms with Crippen LogP contribution in [0.1, 0.15) is 31.7 Å². The molecule has 1 atom stereocenters. The topological polar surface area (TPSA) is 64.3 Å². The van der Waals surface area contributed by atoms with Crippen LogP contribution in [0.5, 0.6) is 5.75 Å². The quantitative estimate of drug-likeness (QED) is 0.770. The smallest absolute Gasteiger partial charge is 0.258 e. The van der Waals surface area contributed by atoms with Gasteiger partial charge in [-0.2, -0.15) is 0 Å². The van der Waals surface area contributed by atoms with Crippen molar-refractivity contribution in [3.8, 4) is 5.75 Å². The van der Waals surface area contributed by atoms with Crippen molar-refractivity contribution in [1.29, 1.82) is 0 Å². The van der Waals surface area contributed by atoms with Gasteiger partial charge in [0, 0.05) is 12.6 Å². The molecule has 3 N–H and O–H groups in total. The zero-order valence-electron chi connectivity index (χ0n) is 10.7. The first kappa shape index (κ1) is 12.9. The number of rotatable bonds is 7. The third-order valence-corrected chi connectivity index (χ3v) is 3.06. The largest absolute Gasteiger partial charge is 0.481 e. The Hall–Kier alpha value is -1.55. The molecule has 1 aliphatic carbocycles. The van der Waals surface area contributed by atoms with E-state index in [0.717, 1.165) is 6.54 Å². The van der Waals surface area contributed by atoms with Gasteiger partial charge in [0.25, 0.3) is 5.91 Å². The van der Waals surface area contributed by atoms with E-state index in [-0.39, 0.29) is 0 Å². The predicted octanol–water partition coefficient (Wildman–Crippen LogP) is 1.58. The molecule has 0 spiro atoms. The maximum absolute atomic E-state index is 11.1. The highest BCUT2D eigenvalue weighted by molar-refractivity contribution is 5.79. The van der Waals surface area contributed by atoms with Crippen LogP contribution in [0.2, 0.25) is 0 Å². The summed E-state index contributed by atoms with van der Waals surface area (Å²) >= 11 is 0. The van der Waals surface area contributed by atoms with Gasteiger partial charge in [-0.1, -0.05) is 19.1 Å². The molecule has 1 saturated carbocycles. The zero-order chi connectivity index (χ0) is 13.0. The van der Waals surface area contributed by atoms with Gasteiger partial charge in [-0.3, -0.25) is 4.79 Å². The van der Waals surface area contributed by atoms with Crippen LogP contribution in [0.3, 0.4) is 0 Å². The molecule has 1 fully saturated rings. The average Bonchev–Trinajstić information content (AvgIpc) is 3.18. The molecule has 0 radical (unpaired) electrons. The highest BCUT2D eigenvalue weighted by Gasteiger charge is 2.20. The number of carbonyl (C=O) groups excluding carboxylic acids is 1. The van der Waals surface area contributed by atoms with Crippen molar-refractivity contribution >= 4 is 5.91 Å². The lowest BCUT2D eigenvalue weighted by Crippen LogP contribution is -2.32. The second-order valence-electron chi connectivity index (χ2n) is 4.72. The van der Waals surface area contributed by atoms with Crippen LogP contribution in [-0.2, 0) is 11.3 Å². The minimum absolute atomic E-state index is 0.419. The molecule has 0 aromatic heterocycles. The monoisotopic (exact) mass is 248 g/mol. The number of amides is 1. The van der Waals surface area contributed by atoms with Crippen LogP contribution in [0.4, 0.5) is 0 Å². The van der Waals surface area contributed by atoms with Gasteiger partial charge < -0.3 is 15.8 Å². The molecule has 0 saturated heterocycles. The second-order valence-corrected chi connectivity index (χ2v) is 4.72. The molecular weight excluding hydrogens is 228 g/mol. The van der Waals surface area contributed by atoms with Crippen molar-refractivity contribution in [2.75, 3.05) is 0 Å². The second kappa shape index (κ2) is 5.87. The van der Waals surface area contributed by atoms with Crippen LogP contribution in [0, 0.1) is 0 Å². The van der Waals surface area contributed by atoms with E-state index in [1.165, 1.54) is 18.4 Å². The van der Waals surface area contributed by atoms with Crippen molar-refractivity contribution in [2.45, 2.75) is 44.9 Å². The minimum Gasteiger partial charge on any atom is -0.481 e. The number of benzene rings is 1. The molecular formula is C14H20N2O2. The van der Waals surface area contributed by atoms with Crippen LogP contribution in [-0.4, -0.2) is 18.1 Å². The number of carbonyl (C=O) groups is 1. The highest BCUT2D eigenvalue weighted by atomic mass is 16.5. The molecule has 18 heavy (non-hydrogen) atoms. The van der Waals surface area contributed by atoms with E-state index in [1.54, 1.807) is 0 Å². The number of nitrogens with two attached hydrogens (primary N) is 1. The van der Waals surface area contributed by atoms with Crippen LogP contribution in [0.25, 0.3) is 0 Å². The fourth-order valence-electron chi connectivity index (χ4n) is 1.74. The molecule has 1 amide bonds. The van der Waals surface area contributed by atoms with E-state index >= 15 is 0 Å². The Morgan fingerprint density at radius 2 is 2.11 bits per heavy atom. The lowest BCUT2D eigenvalue weighted by molar-refractivity contribution is -0.124. The summed E-state index contributed by atoms with van der Waals surface area (Å²) < 4.78 is 5.52. The van der Waals surface area contributed by atoms with Gasteiger partial charge in [-0.05, 0) is 37.0 Å². The summed E-state index contributed by atoms with van der Waals surface area (Å²) in [6, 6.07) is 8.50. The third-order valence-electron chi connectivity index (χ3n) is 3.06. The Balaban J connectivity index is 1.87. The Bertz CT molecular complexity index is 399. The summed E-state index contributed by atoms with van der Waals surface area (Å²) in [5.41, 5.74) is 6.46. The van der Waals surface area contributed by atoms with Crippen molar-refractivity contribution < 1.29 is 9.53 Å². The summed E-state index contributed by atoms with van der Waals surface area (Å²) in [6.45, 7) is 2.77. The van der Waals surface area contributed by atoms with Crippen molar-refractivity contribution in [3.05, 3.63) is 29.8 Å². The van der Waals surface area contributed by atoms with E-state index in [4.69, 9.17) is 10.5 Å². The number of primary amides is 1. The predicted molar refractivity (Wildman–Crippen MR) is 70.2 cm³/mol. The molecule has 1 aliphatic rings. The first-order valence-corrected chi connectivity index (χ1v) is 6.47. The number of hydrogen-bond acceptors (Lipinski definition) is 3. The molecule has 98 valence electrons. The van der Waals surface area contributed by atoms with Gasteiger partial charge in [0.1, 0.15) is 5.75 Å². The molecule has 0 aliphatic heterocycles. The van der Waals surface area contributed by atoms with Gasteiger partial charge in [0.05, 0.1) is 0 Å². The van der Waals surface area contributed by atoms with Crippen LogP contribution < -0.4 is 15.8 Å². The third kappa shape index (κ3) is 3.74. The summed E-state index contributed by atoms with van der Waals surface area (Å²) in [5.74, 6) is 0.271. The Labute approximate surface area is 108 Å². The highest BCUT2D eigenvalue weighted by Crippen LogP contribution is 2.20. The Morgan fingerprint density at radius 1 is 1.44 bits per heavy atom. The SMILES string of the molecule is CCC(Oc1ccc(CNC2CC2)cc1)C(N)=O. The standard InChI is InChI=1S/C14H20N2O2/c1-2-13(14(15)17)18-12-7-3-10(4-8-12)9-16-11-5-6-11/h3-4,7-8,11,13,16H,2,5-6,9H2,1H3,(H2,15,17). The van der Waals surface area contributed by atoms with E-state index in [2.05, 4.69) is 5.32 Å². The minimum atomic E-state index is -0.541. The molecule has 1 unspecified atom stereocenters. The molecule has 0 bridgehead atoms. The summed E-state index contributed by atoms with van der Waals surface area (Å²) in [5, 5.41) is 3.45. The molecule has 4 nitrogen and oxygen atoms in total. The van der Waals surface area contributed by atoms with Crippen LogP contribution >= 0.6 is 0 Å². The fraction of sp³-hybridized carbons (Fsp3) is 0.500. The van der Waals surface area contributed by atoms with E-state index < -0.39 is 12.0 Å². The van der Waals surface area contributed by atoms with Gasteiger partial charge in [0.2, 0.25) is 0 Å². The van der Waals surface area contributed by atoms with E-state index in [0.29, 0.717) is 18.2 Å². The molecule has 4 heteroatoms. The zero-order valence-corrected chi connectivity index (χ0v) is 10.7. The molecule has 2 rings (SSSR count). The maximum Gasteiger partial charge on any atom is 0.258 e. The van der Waals surface area contributed by atoms with Crippen molar-refractivity contribution in [1.82, 2.24) is 5.32 Å². The first-order chi connectivity index (χ1) is 8.69. The molecule has 0 heterocycles. The summed E-state index contributed by atoms with van der Waals surface area (Å²) in [7, 11) is 0. The van der Waals surface area contributed by atoms with Crippen LogP contribution in [0.15, 0.2) is 24.3 Å². The first-order valence-electron chi connectivity index (χ1n) is 6.47. The van der Waals surface area contributed by atoms with Gasteiger partial charge in [0.15, 0.2) is 6.10 Å². The Kier molecular flexibility index (Phi) is 4.20. The van der Waals surface area contributed by atoms with E-state index in [1.807, 2.05) is 31.2 Å². The van der Waals surface area contributed by atoms with Gasteiger partial charge in [-0.25, -0.2) is 0 Å². The summed E-state index contributed by atoms with van der Waals surface area (Å²) in [6.07, 6.45) is 2.62. The molecule has 1 aromatic carbocycles. The lowest BCUT2D eigenvalue weighted by atomic mass is 10.2. The van der Waals surface area contributed by atoms with Gasteiger partial charge in [-0.15, -0.1) is 0 Å². The van der Waals surface area contributed by atoms with Gasteiger partial charge >= 0.3 is 0 Å². The van der Waals surface area contributed by atoms with E-state index in [9.17, 15) is 4.79 Å². The lowest BCUT2D eigenvalue weighted by Gasteiger charge is -2.14. The van der Waals surface area contributed by atoms with Crippen molar-refractivity contribution in [2.24, 2.45) is 5.73 Å².